The zero-order chi connectivity index (χ0) is 16.4. The molecule has 1 heterocycles. The Morgan fingerprint density at radius 1 is 1.26 bits per heavy atom. The SMILES string of the molecule is N#C/C(=C\c1c(F)cccc1Cl)c1nc2ccccc2c(=O)[nH]1. The number of benzene rings is 2. The Hall–Kier alpha value is -2.97. The lowest BCUT2D eigenvalue weighted by molar-refractivity contribution is 0.625. The largest absolute Gasteiger partial charge is 0.305 e. The fraction of sp³-hybridized carbons (Fsp3) is 0. The van der Waals surface area contributed by atoms with Gasteiger partial charge in [-0.1, -0.05) is 29.8 Å². The molecule has 3 rings (SSSR count). The van der Waals surface area contributed by atoms with Crippen LogP contribution in [0.15, 0.2) is 47.3 Å². The van der Waals surface area contributed by atoms with Crippen molar-refractivity contribution in [1.82, 2.24) is 9.97 Å². The van der Waals surface area contributed by atoms with Gasteiger partial charge in [0.15, 0.2) is 5.82 Å². The molecule has 0 radical (unpaired) electrons. The van der Waals surface area contributed by atoms with Gasteiger partial charge in [0.2, 0.25) is 0 Å². The number of halogens is 2. The van der Waals surface area contributed by atoms with E-state index in [1.54, 1.807) is 24.3 Å². The highest BCUT2D eigenvalue weighted by Crippen LogP contribution is 2.24. The van der Waals surface area contributed by atoms with E-state index >= 15 is 0 Å². The number of allylic oxidation sites excluding steroid dienone is 1. The number of nitriles is 1. The summed E-state index contributed by atoms with van der Waals surface area (Å²) in [5, 5.41) is 9.92. The summed E-state index contributed by atoms with van der Waals surface area (Å²) < 4.78 is 13.9. The lowest BCUT2D eigenvalue weighted by Gasteiger charge is -2.04. The van der Waals surface area contributed by atoms with Gasteiger partial charge >= 0.3 is 0 Å². The van der Waals surface area contributed by atoms with Gasteiger partial charge in [-0.05, 0) is 30.3 Å². The van der Waals surface area contributed by atoms with Crippen molar-refractivity contribution >= 4 is 34.2 Å². The van der Waals surface area contributed by atoms with Gasteiger partial charge in [-0.3, -0.25) is 4.79 Å². The fourth-order valence-electron chi connectivity index (χ4n) is 2.16. The molecule has 0 saturated heterocycles. The van der Waals surface area contributed by atoms with Gasteiger partial charge in [0.05, 0.1) is 21.5 Å². The molecule has 0 aliphatic heterocycles. The van der Waals surface area contributed by atoms with Gasteiger partial charge in [-0.2, -0.15) is 5.26 Å². The fourth-order valence-corrected chi connectivity index (χ4v) is 2.38. The Morgan fingerprint density at radius 3 is 2.78 bits per heavy atom. The van der Waals surface area contributed by atoms with Crippen molar-refractivity contribution in [3.63, 3.8) is 0 Å². The van der Waals surface area contributed by atoms with E-state index in [1.807, 2.05) is 6.07 Å². The van der Waals surface area contributed by atoms with Crippen molar-refractivity contribution < 1.29 is 4.39 Å². The molecular weight excluding hydrogens is 317 g/mol. The maximum Gasteiger partial charge on any atom is 0.259 e. The normalized spacial score (nSPS) is 11.4. The van der Waals surface area contributed by atoms with Crippen LogP contribution >= 0.6 is 11.6 Å². The summed E-state index contributed by atoms with van der Waals surface area (Å²) in [6.45, 7) is 0. The summed E-state index contributed by atoms with van der Waals surface area (Å²) in [6, 6.07) is 12.9. The number of aromatic nitrogens is 2. The number of aromatic amines is 1. The van der Waals surface area contributed by atoms with Crippen LogP contribution in [0.25, 0.3) is 22.6 Å². The van der Waals surface area contributed by atoms with Crippen LogP contribution in [0.3, 0.4) is 0 Å². The van der Waals surface area contributed by atoms with Crippen molar-refractivity contribution in [2.24, 2.45) is 0 Å². The van der Waals surface area contributed by atoms with Gasteiger partial charge in [0.25, 0.3) is 5.56 Å². The maximum absolute atomic E-state index is 13.9. The van der Waals surface area contributed by atoms with Crippen molar-refractivity contribution in [2.75, 3.05) is 0 Å². The third kappa shape index (κ3) is 2.85. The number of hydrogen-bond acceptors (Lipinski definition) is 3. The van der Waals surface area contributed by atoms with Crippen LogP contribution in [0, 0.1) is 17.1 Å². The van der Waals surface area contributed by atoms with Crippen molar-refractivity contribution in [3.05, 3.63) is 75.0 Å². The highest BCUT2D eigenvalue weighted by atomic mass is 35.5. The number of nitrogens with zero attached hydrogens (tertiary/aromatic N) is 2. The van der Waals surface area contributed by atoms with Crippen LogP contribution in [0.4, 0.5) is 4.39 Å². The Morgan fingerprint density at radius 2 is 2.04 bits per heavy atom. The highest BCUT2D eigenvalue weighted by molar-refractivity contribution is 6.32. The predicted octanol–water partition coefficient (Wildman–Crippen LogP) is 3.78. The number of rotatable bonds is 2. The number of nitrogens with one attached hydrogen (secondary N) is 1. The summed E-state index contributed by atoms with van der Waals surface area (Å²) in [5.41, 5.74) is 0.166. The summed E-state index contributed by atoms with van der Waals surface area (Å²) in [5.74, 6) is -0.496. The van der Waals surface area contributed by atoms with Gasteiger partial charge in [-0.25, -0.2) is 9.37 Å². The number of para-hydroxylation sites is 1. The smallest absolute Gasteiger partial charge is 0.259 e. The average Bonchev–Trinajstić information content (AvgIpc) is 2.55. The summed E-state index contributed by atoms with van der Waals surface area (Å²) in [4.78, 5) is 18.9. The second-order valence-electron chi connectivity index (χ2n) is 4.74. The van der Waals surface area contributed by atoms with E-state index in [4.69, 9.17) is 11.6 Å². The topological polar surface area (TPSA) is 69.5 Å². The Labute approximate surface area is 135 Å². The number of H-pyrrole nitrogens is 1. The zero-order valence-corrected chi connectivity index (χ0v) is 12.4. The lowest BCUT2D eigenvalue weighted by atomic mass is 10.1. The van der Waals surface area contributed by atoms with Crippen molar-refractivity contribution in [2.45, 2.75) is 0 Å². The van der Waals surface area contributed by atoms with Crippen LogP contribution in [0.2, 0.25) is 5.02 Å². The first kappa shape index (κ1) is 14.9. The number of hydrogen-bond donors (Lipinski definition) is 1. The molecule has 2 aromatic carbocycles. The minimum Gasteiger partial charge on any atom is -0.305 e. The molecule has 0 saturated carbocycles. The Kier molecular flexibility index (Phi) is 3.92. The van der Waals surface area contributed by atoms with E-state index in [2.05, 4.69) is 9.97 Å². The molecule has 0 unspecified atom stereocenters. The molecule has 0 amide bonds. The first-order chi connectivity index (χ1) is 11.1. The van der Waals surface area contributed by atoms with Crippen LogP contribution in [-0.4, -0.2) is 9.97 Å². The van der Waals surface area contributed by atoms with E-state index in [0.29, 0.717) is 10.9 Å². The number of fused-ring (bicyclic) bond motifs is 1. The molecule has 0 aliphatic rings. The van der Waals surface area contributed by atoms with Crippen molar-refractivity contribution in [3.8, 4) is 6.07 Å². The molecule has 0 atom stereocenters. The van der Waals surface area contributed by atoms with E-state index < -0.39 is 5.82 Å². The molecule has 3 aromatic rings. The maximum atomic E-state index is 13.9. The van der Waals surface area contributed by atoms with Crippen molar-refractivity contribution in [1.29, 1.82) is 5.26 Å². The molecule has 1 aromatic heterocycles. The second kappa shape index (κ2) is 6.03. The minimum absolute atomic E-state index is 0.0138. The average molecular weight is 326 g/mol. The summed E-state index contributed by atoms with van der Waals surface area (Å²) in [7, 11) is 0. The first-order valence-corrected chi connectivity index (χ1v) is 7.03. The second-order valence-corrected chi connectivity index (χ2v) is 5.14. The van der Waals surface area contributed by atoms with Gasteiger partial charge in [-0.15, -0.1) is 0 Å². The standard InChI is InChI=1S/C17H9ClFN3O/c18-13-5-3-6-14(19)12(13)8-10(9-20)16-21-15-7-2-1-4-11(15)17(23)22-16/h1-8H,(H,21,22,23)/b10-8+. The van der Waals surface area contributed by atoms with E-state index in [-0.39, 0.29) is 27.5 Å². The molecule has 0 spiro atoms. The first-order valence-electron chi connectivity index (χ1n) is 6.65. The lowest BCUT2D eigenvalue weighted by Crippen LogP contribution is -2.11. The molecule has 4 nitrogen and oxygen atoms in total. The predicted molar refractivity (Wildman–Crippen MR) is 87.3 cm³/mol. The van der Waals surface area contributed by atoms with E-state index in [1.165, 1.54) is 24.3 Å². The molecule has 0 aliphatic carbocycles. The molecule has 23 heavy (non-hydrogen) atoms. The Bertz CT molecular complexity index is 1010. The molecule has 0 bridgehead atoms. The summed E-state index contributed by atoms with van der Waals surface area (Å²) in [6.07, 6.45) is 1.27. The van der Waals surface area contributed by atoms with Crippen LogP contribution in [-0.2, 0) is 0 Å². The molecule has 112 valence electrons. The van der Waals surface area contributed by atoms with Crippen LogP contribution < -0.4 is 5.56 Å². The monoisotopic (exact) mass is 325 g/mol. The van der Waals surface area contributed by atoms with E-state index in [9.17, 15) is 14.4 Å². The van der Waals surface area contributed by atoms with Crippen LogP contribution in [0.5, 0.6) is 0 Å². The molecular formula is C17H9ClFN3O. The van der Waals surface area contributed by atoms with E-state index in [0.717, 1.165) is 0 Å². The minimum atomic E-state index is -0.562. The van der Waals surface area contributed by atoms with Gasteiger partial charge in [0, 0.05) is 5.56 Å². The molecule has 0 fully saturated rings. The van der Waals surface area contributed by atoms with Gasteiger partial charge in [0.1, 0.15) is 11.9 Å². The van der Waals surface area contributed by atoms with Crippen LogP contribution in [0.1, 0.15) is 11.4 Å². The molecule has 6 heteroatoms. The Balaban J connectivity index is 2.21. The highest BCUT2D eigenvalue weighted by Gasteiger charge is 2.11. The van der Waals surface area contributed by atoms with Gasteiger partial charge < -0.3 is 4.98 Å². The molecule has 1 N–H and O–H groups in total. The summed E-state index contributed by atoms with van der Waals surface area (Å²) >= 11 is 5.96. The third-order valence-corrected chi connectivity index (χ3v) is 3.61. The third-order valence-electron chi connectivity index (χ3n) is 3.28. The quantitative estimate of drug-likeness (QED) is 0.729. The zero-order valence-electron chi connectivity index (χ0n) is 11.7.